The first kappa shape index (κ1) is 25.5. The van der Waals surface area contributed by atoms with Crippen molar-refractivity contribution >= 4 is 17.4 Å². The molecule has 2 aliphatic heterocycles. The standard InChI is InChI=1S/C27H32N2O7/c1-3-14-36-20-7-4-18(5-8-20)25(31)23-24(19-6-9-21(30)22(17-19)34-2)29(27(33)26(23)32)11-10-28-12-15-35-16-13-28/h4-9,17,24,30-31H,3,10-16H2,1-2H3/b25-23-. The number of rotatable bonds is 9. The fraction of sp³-hybridized carbons (Fsp3) is 0.407. The molecule has 4 rings (SSSR count). The second-order valence-corrected chi connectivity index (χ2v) is 8.75. The molecule has 9 heteroatoms. The van der Waals surface area contributed by atoms with Crippen molar-refractivity contribution in [3.8, 4) is 17.2 Å². The number of nitrogens with zero attached hydrogens (tertiary/aromatic N) is 2. The number of likely N-dealkylation sites (tertiary alicyclic amines) is 1. The number of aliphatic hydroxyl groups is 1. The van der Waals surface area contributed by atoms with Gasteiger partial charge in [-0.15, -0.1) is 0 Å². The van der Waals surface area contributed by atoms with E-state index in [1.54, 1.807) is 36.4 Å². The molecule has 1 atom stereocenters. The van der Waals surface area contributed by atoms with Crippen molar-refractivity contribution < 1.29 is 34.0 Å². The van der Waals surface area contributed by atoms with Crippen molar-refractivity contribution in [1.29, 1.82) is 0 Å². The third-order valence-corrected chi connectivity index (χ3v) is 6.42. The second kappa shape index (κ2) is 11.5. The average molecular weight is 497 g/mol. The SMILES string of the molecule is CCCOc1ccc(/C(O)=C2/C(=O)C(=O)N(CCN3CCOCC3)C2c2ccc(O)c(OC)c2)cc1. The number of phenols is 1. The van der Waals surface area contributed by atoms with Crippen LogP contribution in [-0.2, 0) is 14.3 Å². The summed E-state index contributed by atoms with van der Waals surface area (Å²) in [5.41, 5.74) is 0.952. The molecule has 0 bridgehead atoms. The van der Waals surface area contributed by atoms with Crippen LogP contribution in [0, 0.1) is 0 Å². The van der Waals surface area contributed by atoms with Crippen molar-refractivity contribution in [3.05, 3.63) is 59.2 Å². The van der Waals surface area contributed by atoms with Gasteiger partial charge in [0.15, 0.2) is 11.5 Å². The Bertz CT molecular complexity index is 1120. The number of benzene rings is 2. The van der Waals surface area contributed by atoms with Crippen LogP contribution in [0.5, 0.6) is 17.2 Å². The van der Waals surface area contributed by atoms with E-state index in [1.165, 1.54) is 18.1 Å². The molecule has 2 saturated heterocycles. The van der Waals surface area contributed by atoms with Crippen LogP contribution in [0.3, 0.4) is 0 Å². The van der Waals surface area contributed by atoms with Gasteiger partial charge in [-0.3, -0.25) is 14.5 Å². The van der Waals surface area contributed by atoms with E-state index in [9.17, 15) is 19.8 Å². The summed E-state index contributed by atoms with van der Waals surface area (Å²) in [5.74, 6) is -0.888. The Balaban J connectivity index is 1.72. The highest BCUT2D eigenvalue weighted by Crippen LogP contribution is 2.41. The normalized spacial score (nSPS) is 20.1. The molecule has 9 nitrogen and oxygen atoms in total. The van der Waals surface area contributed by atoms with Gasteiger partial charge in [-0.2, -0.15) is 0 Å². The first-order valence-corrected chi connectivity index (χ1v) is 12.1. The van der Waals surface area contributed by atoms with Crippen LogP contribution < -0.4 is 9.47 Å². The average Bonchev–Trinajstić information content (AvgIpc) is 3.16. The molecule has 0 aromatic heterocycles. The fourth-order valence-corrected chi connectivity index (χ4v) is 4.48. The smallest absolute Gasteiger partial charge is 0.295 e. The molecular weight excluding hydrogens is 464 g/mol. The molecule has 192 valence electrons. The number of carbonyl (C=O) groups is 2. The summed E-state index contributed by atoms with van der Waals surface area (Å²) in [6.45, 7) is 6.16. The Hall–Kier alpha value is -3.56. The number of amides is 1. The number of aliphatic hydroxyl groups excluding tert-OH is 1. The third-order valence-electron chi connectivity index (χ3n) is 6.42. The molecular formula is C27H32N2O7. The molecule has 1 amide bonds. The summed E-state index contributed by atoms with van der Waals surface area (Å²) in [7, 11) is 1.43. The molecule has 0 spiro atoms. The highest BCUT2D eigenvalue weighted by atomic mass is 16.5. The quantitative estimate of drug-likeness (QED) is 0.310. The topological polar surface area (TPSA) is 109 Å². The molecule has 36 heavy (non-hydrogen) atoms. The zero-order valence-electron chi connectivity index (χ0n) is 20.6. The van der Waals surface area contributed by atoms with Gasteiger partial charge in [0.1, 0.15) is 11.5 Å². The predicted octanol–water partition coefficient (Wildman–Crippen LogP) is 2.94. The Morgan fingerprint density at radius 3 is 2.47 bits per heavy atom. The van der Waals surface area contributed by atoms with E-state index in [4.69, 9.17) is 14.2 Å². The molecule has 2 aliphatic rings. The number of morpholine rings is 1. The number of Topliss-reactive ketones (excluding diaryl/α,β-unsaturated/α-hetero) is 1. The minimum absolute atomic E-state index is 0.00283. The lowest BCUT2D eigenvalue weighted by atomic mass is 9.95. The van der Waals surface area contributed by atoms with E-state index in [-0.39, 0.29) is 22.8 Å². The van der Waals surface area contributed by atoms with Gasteiger partial charge in [0.2, 0.25) is 0 Å². The molecule has 1 unspecified atom stereocenters. The van der Waals surface area contributed by atoms with Crippen molar-refractivity contribution in [3.63, 3.8) is 0 Å². The van der Waals surface area contributed by atoms with Crippen LogP contribution in [0.1, 0.15) is 30.5 Å². The lowest BCUT2D eigenvalue weighted by molar-refractivity contribution is -0.140. The maximum Gasteiger partial charge on any atom is 0.295 e. The number of methoxy groups -OCH3 is 1. The monoisotopic (exact) mass is 496 g/mol. The summed E-state index contributed by atoms with van der Waals surface area (Å²) in [5, 5.41) is 21.4. The highest BCUT2D eigenvalue weighted by molar-refractivity contribution is 6.46. The van der Waals surface area contributed by atoms with E-state index in [1.807, 2.05) is 6.92 Å². The first-order chi connectivity index (χ1) is 17.4. The van der Waals surface area contributed by atoms with Crippen LogP contribution in [0.2, 0.25) is 0 Å². The highest BCUT2D eigenvalue weighted by Gasteiger charge is 2.46. The molecule has 2 N–H and O–H groups in total. The minimum Gasteiger partial charge on any atom is -0.507 e. The number of ether oxygens (including phenoxy) is 3. The molecule has 2 aromatic carbocycles. The van der Waals surface area contributed by atoms with E-state index in [0.29, 0.717) is 49.8 Å². The molecule has 2 heterocycles. The van der Waals surface area contributed by atoms with Gasteiger partial charge in [0.25, 0.3) is 11.7 Å². The van der Waals surface area contributed by atoms with Gasteiger partial charge in [-0.1, -0.05) is 13.0 Å². The minimum atomic E-state index is -0.837. The Kier molecular flexibility index (Phi) is 8.12. The van der Waals surface area contributed by atoms with Crippen molar-refractivity contribution in [2.24, 2.45) is 0 Å². The number of carbonyl (C=O) groups excluding carboxylic acids is 2. The van der Waals surface area contributed by atoms with Crippen LogP contribution >= 0.6 is 0 Å². The molecule has 0 radical (unpaired) electrons. The van der Waals surface area contributed by atoms with Gasteiger partial charge in [-0.05, 0) is 48.4 Å². The maximum atomic E-state index is 13.2. The van der Waals surface area contributed by atoms with Crippen LogP contribution in [0.4, 0.5) is 0 Å². The maximum absolute atomic E-state index is 13.2. The van der Waals surface area contributed by atoms with Gasteiger partial charge < -0.3 is 29.3 Å². The first-order valence-electron chi connectivity index (χ1n) is 12.1. The number of phenolic OH excluding ortho intramolecular Hbond substituents is 1. The molecule has 0 saturated carbocycles. The number of hydrogen-bond acceptors (Lipinski definition) is 8. The second-order valence-electron chi connectivity index (χ2n) is 8.75. The Labute approximate surface area is 210 Å². The zero-order chi connectivity index (χ0) is 25.7. The third kappa shape index (κ3) is 5.32. The van der Waals surface area contributed by atoms with Crippen LogP contribution in [0.15, 0.2) is 48.0 Å². The summed E-state index contributed by atoms with van der Waals surface area (Å²) >= 11 is 0. The van der Waals surface area contributed by atoms with E-state index >= 15 is 0 Å². The number of aromatic hydroxyl groups is 1. The van der Waals surface area contributed by atoms with Gasteiger partial charge in [0, 0.05) is 31.7 Å². The summed E-state index contributed by atoms with van der Waals surface area (Å²) < 4.78 is 16.3. The van der Waals surface area contributed by atoms with Gasteiger partial charge >= 0.3 is 0 Å². The van der Waals surface area contributed by atoms with Crippen molar-refractivity contribution in [2.75, 3.05) is 53.1 Å². The summed E-state index contributed by atoms with van der Waals surface area (Å²) in [6.07, 6.45) is 0.867. The van der Waals surface area contributed by atoms with Crippen molar-refractivity contribution in [2.45, 2.75) is 19.4 Å². The molecule has 2 aromatic rings. The van der Waals surface area contributed by atoms with Gasteiger partial charge in [-0.25, -0.2) is 0 Å². The summed E-state index contributed by atoms with van der Waals surface area (Å²) in [6, 6.07) is 10.6. The Morgan fingerprint density at radius 1 is 1.08 bits per heavy atom. The molecule has 2 fully saturated rings. The lowest BCUT2D eigenvalue weighted by Crippen LogP contribution is -2.42. The van der Waals surface area contributed by atoms with Gasteiger partial charge in [0.05, 0.1) is 38.5 Å². The summed E-state index contributed by atoms with van der Waals surface area (Å²) in [4.78, 5) is 30.1. The van der Waals surface area contributed by atoms with Crippen LogP contribution in [-0.4, -0.2) is 84.8 Å². The fourth-order valence-electron chi connectivity index (χ4n) is 4.48. The molecule has 0 aliphatic carbocycles. The number of ketones is 1. The van der Waals surface area contributed by atoms with E-state index in [2.05, 4.69) is 4.90 Å². The predicted molar refractivity (Wildman–Crippen MR) is 133 cm³/mol. The van der Waals surface area contributed by atoms with E-state index < -0.39 is 17.7 Å². The Morgan fingerprint density at radius 2 is 1.81 bits per heavy atom. The zero-order valence-corrected chi connectivity index (χ0v) is 20.6. The van der Waals surface area contributed by atoms with Crippen LogP contribution in [0.25, 0.3) is 5.76 Å². The number of hydrogen-bond donors (Lipinski definition) is 2. The largest absolute Gasteiger partial charge is 0.507 e. The van der Waals surface area contributed by atoms with E-state index in [0.717, 1.165) is 19.5 Å². The van der Waals surface area contributed by atoms with Crippen molar-refractivity contribution in [1.82, 2.24) is 9.80 Å². The lowest BCUT2D eigenvalue weighted by Gasteiger charge is -2.31.